The number of halogens is 3. The molecule has 1 aromatic carbocycles. The normalized spacial score (nSPS) is 23.2. The van der Waals surface area contributed by atoms with Gasteiger partial charge in [-0.2, -0.15) is 0 Å². The number of rotatable bonds is 4. The van der Waals surface area contributed by atoms with Gasteiger partial charge in [-0.3, -0.25) is 14.4 Å². The van der Waals surface area contributed by atoms with Gasteiger partial charge >= 0.3 is 0 Å². The Balaban J connectivity index is 1.47. The van der Waals surface area contributed by atoms with Gasteiger partial charge in [0.25, 0.3) is 11.8 Å². The molecule has 1 N–H and O–H groups in total. The van der Waals surface area contributed by atoms with Gasteiger partial charge in [-0.05, 0) is 19.3 Å². The second kappa shape index (κ2) is 7.91. The minimum Gasteiger partial charge on any atom is -0.491 e. The first-order chi connectivity index (χ1) is 15.8. The number of hydrogen-bond donors (Lipinski definition) is 1. The zero-order valence-electron chi connectivity index (χ0n) is 17.6. The van der Waals surface area contributed by atoms with Crippen molar-refractivity contribution in [2.45, 2.75) is 50.7 Å². The summed E-state index contributed by atoms with van der Waals surface area (Å²) in [6.45, 7) is -0.408. The Kier molecular flexibility index (Phi) is 5.15. The maximum atomic E-state index is 13.9. The van der Waals surface area contributed by atoms with Crippen LogP contribution in [-0.4, -0.2) is 46.8 Å². The number of nitrogens with zero attached hydrogens (tertiary/aromatic N) is 2. The molecule has 2 amide bonds. The number of nitrogens with one attached hydrogen (secondary N) is 1. The quantitative estimate of drug-likeness (QED) is 0.749. The predicted molar refractivity (Wildman–Crippen MR) is 107 cm³/mol. The Bertz CT molecular complexity index is 1210. The number of amides is 2. The number of hydrogen-bond acceptors (Lipinski definition) is 5. The van der Waals surface area contributed by atoms with Crippen LogP contribution in [0.25, 0.3) is 0 Å². The minimum atomic E-state index is -1.16. The van der Waals surface area contributed by atoms with Gasteiger partial charge in [0.1, 0.15) is 23.0 Å². The molecule has 33 heavy (non-hydrogen) atoms. The molecule has 3 atom stereocenters. The molecule has 3 heterocycles. The highest BCUT2D eigenvalue weighted by Crippen LogP contribution is 2.38. The Morgan fingerprint density at radius 1 is 1.21 bits per heavy atom. The molecule has 2 aliphatic heterocycles. The van der Waals surface area contributed by atoms with E-state index in [9.17, 15) is 27.6 Å². The highest BCUT2D eigenvalue weighted by Gasteiger charge is 2.47. The number of fused-ring (bicyclic) bond motifs is 5. The topological polar surface area (TPSA) is 89.9 Å². The Morgan fingerprint density at radius 3 is 2.64 bits per heavy atom. The monoisotopic (exact) mass is 463 g/mol. The van der Waals surface area contributed by atoms with Gasteiger partial charge in [0.15, 0.2) is 17.7 Å². The third-order valence-electron chi connectivity index (χ3n) is 6.42. The molecular formula is C22H20F3N3O5. The molecule has 5 rings (SSSR count). The Hall–Kier alpha value is -3.34. The molecule has 0 radical (unpaired) electrons. The van der Waals surface area contributed by atoms with E-state index in [1.54, 1.807) is 4.90 Å². The third kappa shape index (κ3) is 3.47. The van der Waals surface area contributed by atoms with E-state index in [2.05, 4.69) is 5.32 Å². The summed E-state index contributed by atoms with van der Waals surface area (Å²) in [5.74, 6) is -5.03. The SMILES string of the molecule is COc1c2n(cc(C(=O)NCc3c(F)cc(F)cc3F)c1=O)C[C@H]1O[C@@H]3CCC(C3)N1C2=O. The number of carbonyl (C=O) groups is 2. The lowest BCUT2D eigenvalue weighted by Crippen LogP contribution is -2.57. The average Bonchev–Trinajstić information content (AvgIpc) is 3.13. The minimum absolute atomic E-state index is 0.0262. The highest BCUT2D eigenvalue weighted by molar-refractivity contribution is 5.99. The van der Waals surface area contributed by atoms with Crippen LogP contribution in [0.3, 0.4) is 0 Å². The summed E-state index contributed by atoms with van der Waals surface area (Å²) < 4.78 is 53.5. The van der Waals surface area contributed by atoms with Crippen LogP contribution in [0.2, 0.25) is 0 Å². The fourth-order valence-electron chi connectivity index (χ4n) is 4.89. The van der Waals surface area contributed by atoms with Crippen molar-refractivity contribution in [3.63, 3.8) is 0 Å². The maximum Gasteiger partial charge on any atom is 0.276 e. The lowest BCUT2D eigenvalue weighted by molar-refractivity contribution is -0.132. The van der Waals surface area contributed by atoms with E-state index < -0.39 is 53.0 Å². The fraction of sp³-hybridized carbons (Fsp3) is 0.409. The van der Waals surface area contributed by atoms with E-state index >= 15 is 0 Å². The van der Waals surface area contributed by atoms with Gasteiger partial charge in [0, 0.05) is 36.5 Å². The molecule has 2 bridgehead atoms. The van der Waals surface area contributed by atoms with Crippen molar-refractivity contribution in [1.82, 2.24) is 14.8 Å². The number of methoxy groups -OCH3 is 1. The molecule has 1 unspecified atom stereocenters. The summed E-state index contributed by atoms with van der Waals surface area (Å²) in [4.78, 5) is 40.6. The van der Waals surface area contributed by atoms with Crippen molar-refractivity contribution in [2.75, 3.05) is 7.11 Å². The van der Waals surface area contributed by atoms with Crippen LogP contribution in [0.1, 0.15) is 45.7 Å². The van der Waals surface area contributed by atoms with Crippen molar-refractivity contribution in [1.29, 1.82) is 0 Å². The van der Waals surface area contributed by atoms with Crippen LogP contribution < -0.4 is 15.5 Å². The largest absolute Gasteiger partial charge is 0.491 e. The van der Waals surface area contributed by atoms with Gasteiger partial charge in [-0.1, -0.05) is 0 Å². The average molecular weight is 463 g/mol. The zero-order valence-corrected chi connectivity index (χ0v) is 17.6. The molecule has 2 aromatic rings. The highest BCUT2D eigenvalue weighted by atomic mass is 19.1. The summed E-state index contributed by atoms with van der Waals surface area (Å²) in [7, 11) is 1.22. The van der Waals surface area contributed by atoms with Gasteiger partial charge in [0.2, 0.25) is 5.43 Å². The molecule has 8 nitrogen and oxygen atoms in total. The first-order valence-electron chi connectivity index (χ1n) is 10.5. The molecule has 1 saturated carbocycles. The van der Waals surface area contributed by atoms with Crippen LogP contribution in [0.15, 0.2) is 23.1 Å². The summed E-state index contributed by atoms with van der Waals surface area (Å²) in [5, 5.41) is 2.27. The zero-order chi connectivity index (χ0) is 23.4. The van der Waals surface area contributed by atoms with Crippen LogP contribution in [-0.2, 0) is 17.8 Å². The van der Waals surface area contributed by atoms with E-state index in [1.807, 2.05) is 0 Å². The van der Waals surface area contributed by atoms with E-state index in [0.29, 0.717) is 12.1 Å². The molecule has 3 aliphatic rings. The summed E-state index contributed by atoms with van der Waals surface area (Å²) in [6, 6.07) is 1.02. The second-order valence-corrected chi connectivity index (χ2v) is 8.33. The number of aromatic nitrogens is 1. The van der Waals surface area contributed by atoms with E-state index in [-0.39, 0.29) is 35.7 Å². The predicted octanol–water partition coefficient (Wildman–Crippen LogP) is 1.94. The molecule has 174 valence electrons. The van der Waals surface area contributed by atoms with Crippen LogP contribution in [0.4, 0.5) is 13.2 Å². The first kappa shape index (κ1) is 21.5. The molecule has 0 spiro atoms. The maximum absolute atomic E-state index is 13.9. The number of ether oxygens (including phenoxy) is 2. The molecule has 1 aromatic heterocycles. The standard InChI is InChI=1S/C22H20F3N3O5/c1-32-20-18-22(31)28-11-2-3-12(6-11)33-17(28)9-27(18)8-14(19(20)29)21(30)26-7-13-15(24)4-10(23)5-16(13)25/h4-5,8,11-12,17H,2-3,6-7,9H2,1H3,(H,26,30)/t11?,12-,17-/m1/s1. The third-order valence-corrected chi connectivity index (χ3v) is 6.42. The van der Waals surface area contributed by atoms with Crippen molar-refractivity contribution in [3.8, 4) is 5.75 Å². The fourth-order valence-corrected chi connectivity index (χ4v) is 4.89. The summed E-state index contributed by atoms with van der Waals surface area (Å²) in [5.41, 5.74) is -1.71. The number of carbonyl (C=O) groups excluding carboxylic acids is 2. The lowest BCUT2D eigenvalue weighted by atomic mass is 10.1. The first-order valence-corrected chi connectivity index (χ1v) is 10.5. The number of benzene rings is 1. The van der Waals surface area contributed by atoms with Crippen LogP contribution >= 0.6 is 0 Å². The Morgan fingerprint density at radius 2 is 1.94 bits per heavy atom. The molecule has 11 heteroatoms. The second-order valence-electron chi connectivity index (χ2n) is 8.33. The molecular weight excluding hydrogens is 443 g/mol. The van der Waals surface area contributed by atoms with E-state index in [4.69, 9.17) is 9.47 Å². The smallest absolute Gasteiger partial charge is 0.276 e. The van der Waals surface area contributed by atoms with Crippen LogP contribution in [0.5, 0.6) is 5.75 Å². The lowest BCUT2D eigenvalue weighted by Gasteiger charge is -2.44. The number of pyridine rings is 1. The van der Waals surface area contributed by atoms with E-state index in [1.165, 1.54) is 17.9 Å². The molecule has 2 fully saturated rings. The molecule has 1 saturated heterocycles. The van der Waals surface area contributed by atoms with Crippen molar-refractivity contribution in [2.24, 2.45) is 0 Å². The van der Waals surface area contributed by atoms with Crippen molar-refractivity contribution < 1.29 is 32.2 Å². The Labute approximate surface area is 185 Å². The van der Waals surface area contributed by atoms with Gasteiger partial charge in [-0.25, -0.2) is 13.2 Å². The van der Waals surface area contributed by atoms with Gasteiger partial charge in [0.05, 0.1) is 19.8 Å². The molecule has 1 aliphatic carbocycles. The van der Waals surface area contributed by atoms with E-state index in [0.717, 1.165) is 19.3 Å². The van der Waals surface area contributed by atoms with Crippen molar-refractivity contribution in [3.05, 3.63) is 62.8 Å². The van der Waals surface area contributed by atoms with Crippen LogP contribution in [0, 0.1) is 17.5 Å². The van der Waals surface area contributed by atoms with Gasteiger partial charge in [-0.15, -0.1) is 0 Å². The summed E-state index contributed by atoms with van der Waals surface area (Å²) in [6.07, 6.45) is 3.17. The summed E-state index contributed by atoms with van der Waals surface area (Å²) >= 11 is 0. The van der Waals surface area contributed by atoms with Crippen molar-refractivity contribution >= 4 is 11.8 Å². The van der Waals surface area contributed by atoms with Gasteiger partial charge < -0.3 is 24.3 Å².